The second-order valence-electron chi connectivity index (χ2n) is 4.20. The molecule has 21 heavy (non-hydrogen) atoms. The van der Waals surface area contributed by atoms with Crippen molar-refractivity contribution < 1.29 is 19.2 Å². The van der Waals surface area contributed by atoms with Gasteiger partial charge in [-0.15, -0.1) is 11.3 Å². The Morgan fingerprint density at radius 2 is 2.14 bits per heavy atom. The molecule has 1 heterocycles. The van der Waals surface area contributed by atoms with E-state index in [1.165, 1.54) is 11.3 Å². The van der Waals surface area contributed by atoms with Gasteiger partial charge in [0.25, 0.3) is 5.69 Å². The summed E-state index contributed by atoms with van der Waals surface area (Å²) in [6, 6.07) is 1.47. The fraction of sp³-hybridized carbons (Fsp3) is 0.167. The lowest BCUT2D eigenvalue weighted by Gasteiger charge is -2.06. The first-order valence-electron chi connectivity index (χ1n) is 5.72. The highest BCUT2D eigenvalue weighted by Gasteiger charge is 2.22. The predicted molar refractivity (Wildman–Crippen MR) is 74.9 cm³/mol. The Bertz CT molecular complexity index is 725. The van der Waals surface area contributed by atoms with Crippen molar-refractivity contribution in [2.45, 2.75) is 13.8 Å². The molecular weight excluding hydrogens is 301 g/mol. The molecule has 0 aliphatic heterocycles. The summed E-state index contributed by atoms with van der Waals surface area (Å²) >= 11 is 1.26. The average Bonchev–Trinajstić information content (AvgIpc) is 2.67. The largest absolute Gasteiger partial charge is 0.478 e. The molecule has 0 spiro atoms. The lowest BCUT2D eigenvalue weighted by atomic mass is 10.1. The number of aromatic nitrogens is 1. The number of nitrogens with one attached hydrogen (secondary N) is 1. The van der Waals surface area contributed by atoms with E-state index in [0.717, 1.165) is 16.6 Å². The molecule has 2 rings (SSSR count). The van der Waals surface area contributed by atoms with Gasteiger partial charge in [0.15, 0.2) is 5.13 Å². The lowest BCUT2D eigenvalue weighted by Crippen LogP contribution is -2.05. The fourth-order valence-electron chi connectivity index (χ4n) is 1.62. The second-order valence-corrected chi connectivity index (χ2v) is 5.40. The highest BCUT2D eigenvalue weighted by atomic mass is 32.1. The van der Waals surface area contributed by atoms with Crippen LogP contribution < -0.4 is 5.32 Å². The number of hydrogen-bond acceptors (Lipinski definition) is 6. The highest BCUT2D eigenvalue weighted by Crippen LogP contribution is 2.32. The fourth-order valence-corrected chi connectivity index (χ4v) is 2.45. The van der Waals surface area contributed by atoms with Crippen LogP contribution in [-0.2, 0) is 0 Å². The first kappa shape index (κ1) is 14.9. The van der Waals surface area contributed by atoms with Crippen molar-refractivity contribution in [2.75, 3.05) is 5.32 Å². The third kappa shape index (κ3) is 2.97. The summed E-state index contributed by atoms with van der Waals surface area (Å²) in [5.41, 5.74) is -0.665. The minimum absolute atomic E-state index is 0.142. The van der Waals surface area contributed by atoms with E-state index in [4.69, 9.17) is 5.11 Å². The number of aryl methyl sites for hydroxylation is 2. The lowest BCUT2D eigenvalue weighted by molar-refractivity contribution is -0.384. The third-order valence-electron chi connectivity index (χ3n) is 2.78. The molecule has 0 saturated heterocycles. The summed E-state index contributed by atoms with van der Waals surface area (Å²) in [6.45, 7) is 3.61. The maximum atomic E-state index is 13.7. The predicted octanol–water partition coefficient (Wildman–Crippen LogP) is 3.25. The van der Waals surface area contributed by atoms with Gasteiger partial charge in [0.05, 0.1) is 10.6 Å². The zero-order valence-electron chi connectivity index (χ0n) is 11.0. The van der Waals surface area contributed by atoms with Crippen molar-refractivity contribution in [3.8, 4) is 0 Å². The van der Waals surface area contributed by atoms with Gasteiger partial charge in [0.1, 0.15) is 17.1 Å². The van der Waals surface area contributed by atoms with Gasteiger partial charge in [-0.1, -0.05) is 0 Å². The van der Waals surface area contributed by atoms with Crippen LogP contribution in [-0.4, -0.2) is 21.0 Å². The van der Waals surface area contributed by atoms with Gasteiger partial charge >= 0.3 is 5.97 Å². The number of anilines is 2. The average molecular weight is 311 g/mol. The van der Waals surface area contributed by atoms with Crippen molar-refractivity contribution in [1.29, 1.82) is 0 Å². The van der Waals surface area contributed by atoms with Crippen LogP contribution in [0.25, 0.3) is 0 Å². The molecule has 0 amide bonds. The van der Waals surface area contributed by atoms with E-state index >= 15 is 0 Å². The molecule has 0 saturated carbocycles. The van der Waals surface area contributed by atoms with Crippen LogP contribution in [0.3, 0.4) is 0 Å². The van der Waals surface area contributed by atoms with Crippen molar-refractivity contribution in [3.63, 3.8) is 0 Å². The zero-order chi connectivity index (χ0) is 15.7. The smallest absolute Gasteiger partial charge is 0.338 e. The number of carboxylic acid groups (broad SMARTS) is 1. The molecular formula is C12H10FN3O4S. The van der Waals surface area contributed by atoms with Crippen LogP contribution in [0.15, 0.2) is 12.1 Å². The summed E-state index contributed by atoms with van der Waals surface area (Å²) in [6.07, 6.45) is 0. The van der Waals surface area contributed by atoms with Gasteiger partial charge in [-0.2, -0.15) is 0 Å². The first-order chi connectivity index (χ1) is 9.79. The Hall–Kier alpha value is -2.55. The second kappa shape index (κ2) is 5.44. The van der Waals surface area contributed by atoms with Gasteiger partial charge < -0.3 is 10.4 Å². The quantitative estimate of drug-likeness (QED) is 0.663. The van der Waals surface area contributed by atoms with E-state index in [0.29, 0.717) is 11.2 Å². The molecule has 2 aromatic rings. The zero-order valence-corrected chi connectivity index (χ0v) is 11.8. The Morgan fingerprint density at radius 1 is 1.48 bits per heavy atom. The molecule has 0 fully saturated rings. The van der Waals surface area contributed by atoms with Crippen LogP contribution in [0.4, 0.5) is 20.9 Å². The number of rotatable bonds is 4. The van der Waals surface area contributed by atoms with Gasteiger partial charge in [-0.25, -0.2) is 14.2 Å². The van der Waals surface area contributed by atoms with Gasteiger partial charge in [0.2, 0.25) is 0 Å². The molecule has 0 aliphatic rings. The Labute approximate surface area is 122 Å². The molecule has 0 aliphatic carbocycles. The number of hydrogen-bond donors (Lipinski definition) is 2. The molecule has 110 valence electrons. The summed E-state index contributed by atoms with van der Waals surface area (Å²) in [5.74, 6) is -2.62. The molecule has 1 aromatic carbocycles. The number of nitro groups is 1. The maximum Gasteiger partial charge on any atom is 0.338 e. The molecule has 9 heteroatoms. The van der Waals surface area contributed by atoms with Crippen LogP contribution in [0.5, 0.6) is 0 Å². The number of thiazole rings is 1. The van der Waals surface area contributed by atoms with Gasteiger partial charge in [-0.3, -0.25) is 10.1 Å². The SMILES string of the molecule is Cc1nc(Nc2cc(F)c(C(=O)O)cc2[N+](=O)[O-])sc1C. The molecule has 0 radical (unpaired) electrons. The van der Waals surface area contributed by atoms with E-state index in [1.54, 1.807) is 6.92 Å². The van der Waals surface area contributed by atoms with Crippen molar-refractivity contribution in [3.05, 3.63) is 44.2 Å². The van der Waals surface area contributed by atoms with E-state index in [-0.39, 0.29) is 5.69 Å². The molecule has 7 nitrogen and oxygen atoms in total. The topological polar surface area (TPSA) is 105 Å². The normalized spacial score (nSPS) is 10.4. The highest BCUT2D eigenvalue weighted by molar-refractivity contribution is 7.15. The third-order valence-corrected chi connectivity index (χ3v) is 3.77. The molecule has 1 aromatic heterocycles. The minimum Gasteiger partial charge on any atom is -0.478 e. The first-order valence-corrected chi connectivity index (χ1v) is 6.53. The van der Waals surface area contributed by atoms with Crippen molar-refractivity contribution in [1.82, 2.24) is 4.98 Å². The summed E-state index contributed by atoms with van der Waals surface area (Å²) in [7, 11) is 0. The number of benzene rings is 1. The van der Waals surface area contributed by atoms with Crippen LogP contribution in [0.2, 0.25) is 0 Å². The van der Waals surface area contributed by atoms with E-state index in [9.17, 15) is 19.3 Å². The minimum atomic E-state index is -1.57. The van der Waals surface area contributed by atoms with Gasteiger partial charge in [-0.05, 0) is 13.8 Å². The summed E-state index contributed by atoms with van der Waals surface area (Å²) < 4.78 is 13.7. The monoisotopic (exact) mass is 311 g/mol. The van der Waals surface area contributed by atoms with Crippen molar-refractivity contribution >= 4 is 33.8 Å². The van der Waals surface area contributed by atoms with Crippen LogP contribution in [0, 0.1) is 29.8 Å². The number of halogens is 1. The van der Waals surface area contributed by atoms with Gasteiger partial charge in [0, 0.05) is 17.0 Å². The Balaban J connectivity index is 2.49. The summed E-state index contributed by atoms with van der Waals surface area (Å²) in [5, 5.41) is 22.8. The molecule has 2 N–H and O–H groups in total. The molecule has 0 bridgehead atoms. The van der Waals surface area contributed by atoms with E-state index < -0.39 is 28.0 Å². The molecule has 0 atom stereocenters. The van der Waals surface area contributed by atoms with E-state index in [1.807, 2.05) is 6.92 Å². The Morgan fingerprint density at radius 3 is 2.62 bits per heavy atom. The number of carbonyl (C=O) groups is 1. The van der Waals surface area contributed by atoms with Crippen molar-refractivity contribution in [2.24, 2.45) is 0 Å². The summed E-state index contributed by atoms with van der Waals surface area (Å²) in [4.78, 5) is 26.1. The van der Waals surface area contributed by atoms with Crippen LogP contribution in [0.1, 0.15) is 20.9 Å². The standard InChI is InChI=1S/C12H10FN3O4S/c1-5-6(2)21-12(14-5)15-9-4-8(13)7(11(17)18)3-10(9)16(19)20/h3-4H,1-2H3,(H,14,15)(H,17,18). The van der Waals surface area contributed by atoms with Crippen LogP contribution >= 0.6 is 11.3 Å². The maximum absolute atomic E-state index is 13.7. The number of aromatic carboxylic acids is 1. The van der Waals surface area contributed by atoms with E-state index in [2.05, 4.69) is 10.3 Å². The Kier molecular flexibility index (Phi) is 3.85. The number of carboxylic acids is 1. The molecule has 0 unspecified atom stereocenters. The number of nitrogens with zero attached hydrogens (tertiary/aromatic N) is 2. The number of nitro benzene ring substituents is 1.